The van der Waals surface area contributed by atoms with E-state index in [0.29, 0.717) is 6.61 Å². The van der Waals surface area contributed by atoms with Crippen LogP contribution < -0.4 is 10.1 Å². The van der Waals surface area contributed by atoms with Crippen LogP contribution in [0.5, 0.6) is 5.75 Å². The van der Waals surface area contributed by atoms with Gasteiger partial charge in [-0.25, -0.2) is 0 Å². The molecule has 0 unspecified atom stereocenters. The highest BCUT2D eigenvalue weighted by atomic mass is 127. The smallest absolute Gasteiger partial charge is 0.193 e. The number of guanidine groups is 1. The summed E-state index contributed by atoms with van der Waals surface area (Å²) in [7, 11) is 3.89. The van der Waals surface area contributed by atoms with Crippen LogP contribution in [0.3, 0.4) is 0 Å². The van der Waals surface area contributed by atoms with Crippen molar-refractivity contribution < 1.29 is 4.74 Å². The summed E-state index contributed by atoms with van der Waals surface area (Å²) in [5, 5.41) is 3.40. The first kappa shape index (κ1) is 22.2. The molecule has 0 aliphatic carbocycles. The topological polar surface area (TPSA) is 49.8 Å². The average molecular weight is 468 g/mol. The summed E-state index contributed by atoms with van der Waals surface area (Å²) in [4.78, 5) is 10.8. The van der Waals surface area contributed by atoms with Crippen LogP contribution >= 0.6 is 24.0 Å². The van der Waals surface area contributed by atoms with E-state index in [1.165, 1.54) is 18.4 Å². The minimum atomic E-state index is 0. The van der Waals surface area contributed by atoms with Crippen LogP contribution in [0.2, 0.25) is 0 Å². The van der Waals surface area contributed by atoms with Gasteiger partial charge in [0.1, 0.15) is 12.4 Å². The summed E-state index contributed by atoms with van der Waals surface area (Å²) in [6.45, 7) is 4.43. The maximum atomic E-state index is 5.76. The molecule has 6 heteroatoms. The Morgan fingerprint density at radius 1 is 1.19 bits per heavy atom. The summed E-state index contributed by atoms with van der Waals surface area (Å²) in [6.07, 6.45) is 4.12. The van der Waals surface area contributed by atoms with Gasteiger partial charge in [0.25, 0.3) is 0 Å². The van der Waals surface area contributed by atoms with Gasteiger partial charge in [0.05, 0.1) is 5.69 Å². The monoisotopic (exact) mass is 468 g/mol. The summed E-state index contributed by atoms with van der Waals surface area (Å²) in [5.41, 5.74) is 2.11. The highest BCUT2D eigenvalue weighted by Gasteiger charge is 2.05. The highest BCUT2D eigenvalue weighted by Crippen LogP contribution is 2.13. The minimum absolute atomic E-state index is 0. The normalized spacial score (nSPS) is 10.8. The van der Waals surface area contributed by atoms with E-state index >= 15 is 0 Å². The maximum absolute atomic E-state index is 5.76. The number of ether oxygens (including phenoxy) is 1. The first-order valence-corrected chi connectivity index (χ1v) is 8.76. The van der Waals surface area contributed by atoms with Crippen molar-refractivity contribution in [2.45, 2.75) is 32.9 Å². The molecule has 0 bridgehead atoms. The number of hydrogen-bond acceptors (Lipinski definition) is 3. The third-order valence-corrected chi connectivity index (χ3v) is 3.91. The molecule has 0 amide bonds. The van der Waals surface area contributed by atoms with E-state index in [1.54, 1.807) is 6.20 Å². The van der Waals surface area contributed by atoms with Crippen molar-refractivity contribution in [3.05, 3.63) is 59.9 Å². The van der Waals surface area contributed by atoms with Gasteiger partial charge in [0.15, 0.2) is 5.96 Å². The molecule has 26 heavy (non-hydrogen) atoms. The number of halogens is 1. The minimum Gasteiger partial charge on any atom is -0.487 e. The quantitative estimate of drug-likeness (QED) is 0.360. The molecule has 0 saturated carbocycles. The number of rotatable bonds is 8. The fourth-order valence-electron chi connectivity index (χ4n) is 2.41. The molecule has 0 spiro atoms. The lowest BCUT2D eigenvalue weighted by molar-refractivity contribution is 0.301. The molecule has 1 heterocycles. The molecule has 1 aromatic carbocycles. The van der Waals surface area contributed by atoms with Gasteiger partial charge in [-0.15, -0.1) is 24.0 Å². The second kappa shape index (κ2) is 12.5. The average Bonchev–Trinajstić information content (AvgIpc) is 2.67. The molecule has 2 rings (SSSR count). The van der Waals surface area contributed by atoms with Crippen LogP contribution in [0.4, 0.5) is 0 Å². The zero-order valence-corrected chi connectivity index (χ0v) is 18.1. The first-order chi connectivity index (χ1) is 12.2. The lowest BCUT2D eigenvalue weighted by atomic mass is 10.2. The molecule has 0 aliphatic heterocycles. The molecular formula is C20H29IN4O. The fraction of sp³-hybridized carbons (Fsp3) is 0.400. The number of nitrogens with one attached hydrogen (secondary N) is 1. The van der Waals surface area contributed by atoms with Gasteiger partial charge in [-0.2, -0.15) is 0 Å². The van der Waals surface area contributed by atoms with E-state index in [2.05, 4.69) is 46.3 Å². The highest BCUT2D eigenvalue weighted by molar-refractivity contribution is 14.0. The van der Waals surface area contributed by atoms with Crippen LogP contribution in [-0.2, 0) is 13.2 Å². The van der Waals surface area contributed by atoms with E-state index in [-0.39, 0.29) is 24.0 Å². The molecule has 0 fully saturated rings. The molecule has 0 radical (unpaired) electrons. The maximum Gasteiger partial charge on any atom is 0.193 e. The van der Waals surface area contributed by atoms with Crippen molar-refractivity contribution in [3.8, 4) is 5.75 Å². The number of aliphatic imine (C=N–C) groups is 1. The number of benzene rings is 1. The molecular weight excluding hydrogens is 439 g/mol. The van der Waals surface area contributed by atoms with E-state index < -0.39 is 0 Å². The Balaban J connectivity index is 0.00000338. The number of hydrogen-bond donors (Lipinski definition) is 1. The first-order valence-electron chi connectivity index (χ1n) is 8.76. The predicted octanol–water partition coefficient (Wildman–Crippen LogP) is 4.09. The Morgan fingerprint density at radius 3 is 2.58 bits per heavy atom. The van der Waals surface area contributed by atoms with Crippen LogP contribution in [0.1, 0.15) is 31.0 Å². The number of pyridine rings is 1. The number of nitrogens with zero attached hydrogens (tertiary/aromatic N) is 3. The van der Waals surface area contributed by atoms with Crippen LogP contribution in [0, 0.1) is 0 Å². The zero-order valence-electron chi connectivity index (χ0n) is 15.8. The van der Waals surface area contributed by atoms with Crippen LogP contribution in [-0.4, -0.2) is 36.5 Å². The van der Waals surface area contributed by atoms with E-state index in [9.17, 15) is 0 Å². The summed E-state index contributed by atoms with van der Waals surface area (Å²) < 4.78 is 5.76. The summed E-state index contributed by atoms with van der Waals surface area (Å²) in [5.74, 6) is 1.77. The van der Waals surface area contributed by atoms with Crippen LogP contribution in [0.15, 0.2) is 53.7 Å². The molecule has 2 aromatic rings. The standard InChI is InChI=1S/C20H28N4O.HI/c1-4-5-14-24(3)20(21-2)23-15-17-9-11-19(12-10-17)25-16-18-8-6-7-13-22-18;/h6-13H,4-5,14-16H2,1-3H3,(H,21,23);1H. The van der Waals surface area contributed by atoms with Crippen LogP contribution in [0.25, 0.3) is 0 Å². The lowest BCUT2D eigenvalue weighted by Gasteiger charge is -2.21. The molecule has 5 nitrogen and oxygen atoms in total. The summed E-state index contributed by atoms with van der Waals surface area (Å²) in [6, 6.07) is 13.9. The van der Waals surface area contributed by atoms with Gasteiger partial charge in [0.2, 0.25) is 0 Å². The Labute approximate surface area is 173 Å². The third kappa shape index (κ3) is 7.59. The molecule has 0 atom stereocenters. The molecule has 1 aromatic heterocycles. The van der Waals surface area contributed by atoms with Crippen molar-refractivity contribution in [1.29, 1.82) is 0 Å². The fourth-order valence-corrected chi connectivity index (χ4v) is 2.41. The second-order valence-corrected chi connectivity index (χ2v) is 5.93. The van der Waals surface area contributed by atoms with Gasteiger partial charge in [-0.05, 0) is 36.2 Å². The van der Waals surface area contributed by atoms with E-state index in [1.807, 2.05) is 37.4 Å². The third-order valence-electron chi connectivity index (χ3n) is 3.91. The summed E-state index contributed by atoms with van der Waals surface area (Å²) >= 11 is 0. The second-order valence-electron chi connectivity index (χ2n) is 5.93. The molecule has 1 N–H and O–H groups in total. The number of unbranched alkanes of at least 4 members (excludes halogenated alkanes) is 1. The Morgan fingerprint density at radius 2 is 1.96 bits per heavy atom. The van der Waals surface area contributed by atoms with Crippen molar-refractivity contribution in [2.24, 2.45) is 4.99 Å². The SMILES string of the molecule is CCCCN(C)C(=NC)NCc1ccc(OCc2ccccn2)cc1.I. The van der Waals surface area contributed by atoms with Crippen molar-refractivity contribution in [1.82, 2.24) is 15.2 Å². The van der Waals surface area contributed by atoms with Gasteiger partial charge in [0, 0.05) is 33.4 Å². The Kier molecular flexibility index (Phi) is 10.7. The predicted molar refractivity (Wildman–Crippen MR) is 118 cm³/mol. The van der Waals surface area contributed by atoms with E-state index in [0.717, 1.165) is 30.5 Å². The largest absolute Gasteiger partial charge is 0.487 e. The molecule has 142 valence electrons. The van der Waals surface area contributed by atoms with Gasteiger partial charge >= 0.3 is 0 Å². The van der Waals surface area contributed by atoms with E-state index in [4.69, 9.17) is 4.74 Å². The van der Waals surface area contributed by atoms with Gasteiger partial charge in [-0.3, -0.25) is 9.98 Å². The number of aromatic nitrogens is 1. The van der Waals surface area contributed by atoms with Crippen molar-refractivity contribution >= 4 is 29.9 Å². The Bertz CT molecular complexity index is 647. The van der Waals surface area contributed by atoms with Gasteiger partial charge in [-0.1, -0.05) is 31.5 Å². The molecule has 0 saturated heterocycles. The lowest BCUT2D eigenvalue weighted by Crippen LogP contribution is -2.38. The molecule has 0 aliphatic rings. The Hall–Kier alpha value is -1.83. The zero-order chi connectivity index (χ0) is 17.9. The van der Waals surface area contributed by atoms with Gasteiger partial charge < -0.3 is 15.0 Å². The van der Waals surface area contributed by atoms with Crippen molar-refractivity contribution in [3.63, 3.8) is 0 Å². The van der Waals surface area contributed by atoms with Crippen molar-refractivity contribution in [2.75, 3.05) is 20.6 Å².